The first-order valence-electron chi connectivity index (χ1n) is 5.85. The van der Waals surface area contributed by atoms with Crippen molar-refractivity contribution in [3.63, 3.8) is 0 Å². The highest BCUT2D eigenvalue weighted by atomic mass is 16.2. The SMILES string of the molecule is O=CN(C=O)c1ccc(C=Cc2ccccc2)cc1. The van der Waals surface area contributed by atoms with E-state index in [-0.39, 0.29) is 0 Å². The van der Waals surface area contributed by atoms with Gasteiger partial charge in [0.05, 0.1) is 5.69 Å². The normalized spacial score (nSPS) is 10.3. The fraction of sp³-hybridized carbons (Fsp3) is 0. The Labute approximate surface area is 111 Å². The molecule has 19 heavy (non-hydrogen) atoms. The van der Waals surface area contributed by atoms with Crippen molar-refractivity contribution in [2.45, 2.75) is 0 Å². The summed E-state index contributed by atoms with van der Waals surface area (Å²) in [4.78, 5) is 22.2. The van der Waals surface area contributed by atoms with Crippen LogP contribution in [0.2, 0.25) is 0 Å². The molecule has 0 fully saturated rings. The molecular weight excluding hydrogens is 238 g/mol. The van der Waals surface area contributed by atoms with Gasteiger partial charge in [0.2, 0.25) is 12.8 Å². The summed E-state index contributed by atoms with van der Waals surface area (Å²) >= 11 is 0. The van der Waals surface area contributed by atoms with Crippen LogP contribution in [0.5, 0.6) is 0 Å². The lowest BCUT2D eigenvalue weighted by atomic mass is 10.1. The lowest BCUT2D eigenvalue weighted by Crippen LogP contribution is -2.17. The molecule has 3 heteroatoms. The van der Waals surface area contributed by atoms with E-state index >= 15 is 0 Å². The Bertz CT molecular complexity index is 565. The largest absolute Gasteiger partial charge is 0.278 e. The third-order valence-corrected chi connectivity index (χ3v) is 2.69. The maximum atomic E-state index is 10.6. The number of anilines is 1. The van der Waals surface area contributed by atoms with E-state index in [1.54, 1.807) is 12.1 Å². The second-order valence-corrected chi connectivity index (χ2v) is 3.95. The predicted molar refractivity (Wildman–Crippen MR) is 76.4 cm³/mol. The minimum Gasteiger partial charge on any atom is -0.278 e. The van der Waals surface area contributed by atoms with E-state index in [2.05, 4.69) is 0 Å². The van der Waals surface area contributed by atoms with E-state index in [0.29, 0.717) is 18.5 Å². The fourth-order valence-electron chi connectivity index (χ4n) is 1.66. The van der Waals surface area contributed by atoms with Crippen LogP contribution in [0.15, 0.2) is 54.6 Å². The van der Waals surface area contributed by atoms with Crippen LogP contribution in [0.25, 0.3) is 12.2 Å². The standard InChI is InChI=1S/C16H13NO2/c18-12-17(13-19)16-10-8-15(9-11-16)7-6-14-4-2-1-3-5-14/h1-13H. The maximum Gasteiger partial charge on any atom is 0.220 e. The van der Waals surface area contributed by atoms with Crippen molar-refractivity contribution in [2.24, 2.45) is 0 Å². The summed E-state index contributed by atoms with van der Waals surface area (Å²) in [6.45, 7) is 0. The Morgan fingerprint density at radius 2 is 1.21 bits per heavy atom. The van der Waals surface area contributed by atoms with E-state index in [1.807, 2.05) is 54.6 Å². The van der Waals surface area contributed by atoms with Crippen LogP contribution in [0.4, 0.5) is 5.69 Å². The zero-order valence-corrected chi connectivity index (χ0v) is 10.3. The summed E-state index contributed by atoms with van der Waals surface area (Å²) in [6.07, 6.45) is 4.96. The summed E-state index contributed by atoms with van der Waals surface area (Å²) in [7, 11) is 0. The molecule has 0 bridgehead atoms. The van der Waals surface area contributed by atoms with Crippen LogP contribution in [0.1, 0.15) is 11.1 Å². The summed E-state index contributed by atoms with van der Waals surface area (Å²) in [5, 5.41) is 0. The molecule has 0 heterocycles. The van der Waals surface area contributed by atoms with Crippen molar-refractivity contribution in [1.29, 1.82) is 0 Å². The predicted octanol–water partition coefficient (Wildman–Crippen LogP) is 2.98. The fourth-order valence-corrected chi connectivity index (χ4v) is 1.66. The molecule has 0 aliphatic carbocycles. The first kappa shape index (κ1) is 12.8. The highest BCUT2D eigenvalue weighted by Crippen LogP contribution is 2.14. The van der Waals surface area contributed by atoms with Crippen LogP contribution in [-0.4, -0.2) is 12.8 Å². The molecule has 0 N–H and O–H groups in total. The Morgan fingerprint density at radius 1 is 0.684 bits per heavy atom. The number of imide groups is 1. The molecule has 0 saturated heterocycles. The average Bonchev–Trinajstić information content (AvgIpc) is 2.49. The molecule has 0 spiro atoms. The van der Waals surface area contributed by atoms with Gasteiger partial charge in [-0.25, -0.2) is 0 Å². The minimum atomic E-state index is 0.488. The molecule has 2 amide bonds. The van der Waals surface area contributed by atoms with Gasteiger partial charge < -0.3 is 0 Å². The van der Waals surface area contributed by atoms with Crippen molar-refractivity contribution in [3.05, 3.63) is 65.7 Å². The van der Waals surface area contributed by atoms with Gasteiger partial charge in [-0.2, -0.15) is 0 Å². The van der Waals surface area contributed by atoms with Crippen molar-refractivity contribution >= 4 is 30.7 Å². The summed E-state index contributed by atoms with van der Waals surface area (Å²) in [5.41, 5.74) is 2.68. The molecule has 2 aromatic rings. The average molecular weight is 251 g/mol. The first-order chi connectivity index (χ1) is 9.33. The molecule has 94 valence electrons. The lowest BCUT2D eigenvalue weighted by molar-refractivity contribution is -0.113. The number of carbonyl (C=O) groups excluding carboxylic acids is 2. The molecule has 0 unspecified atom stereocenters. The third kappa shape index (κ3) is 3.39. The second-order valence-electron chi connectivity index (χ2n) is 3.95. The summed E-state index contributed by atoms with van der Waals surface area (Å²) in [6, 6.07) is 17.1. The van der Waals surface area contributed by atoms with E-state index in [9.17, 15) is 9.59 Å². The van der Waals surface area contributed by atoms with Gasteiger partial charge in [-0.3, -0.25) is 14.5 Å². The Kier molecular flexibility index (Phi) is 4.24. The quantitative estimate of drug-likeness (QED) is 0.605. The van der Waals surface area contributed by atoms with Gasteiger partial charge in [0.25, 0.3) is 0 Å². The number of benzene rings is 2. The molecule has 0 radical (unpaired) electrons. The van der Waals surface area contributed by atoms with E-state index < -0.39 is 0 Å². The van der Waals surface area contributed by atoms with Gasteiger partial charge in [0.15, 0.2) is 0 Å². The highest BCUT2D eigenvalue weighted by molar-refractivity contribution is 5.95. The van der Waals surface area contributed by atoms with Crippen molar-refractivity contribution in [2.75, 3.05) is 4.90 Å². The first-order valence-corrected chi connectivity index (χ1v) is 5.85. The highest BCUT2D eigenvalue weighted by Gasteiger charge is 2.01. The zero-order valence-electron chi connectivity index (χ0n) is 10.3. The molecular formula is C16H13NO2. The monoisotopic (exact) mass is 251 g/mol. The number of rotatable bonds is 5. The van der Waals surface area contributed by atoms with Crippen LogP contribution >= 0.6 is 0 Å². The zero-order chi connectivity index (χ0) is 13.5. The van der Waals surface area contributed by atoms with Crippen molar-refractivity contribution < 1.29 is 9.59 Å². The number of nitrogens with zero attached hydrogens (tertiary/aromatic N) is 1. The molecule has 3 nitrogen and oxygen atoms in total. The van der Waals surface area contributed by atoms with Crippen molar-refractivity contribution in [1.82, 2.24) is 0 Å². The van der Waals surface area contributed by atoms with Crippen LogP contribution < -0.4 is 4.90 Å². The minimum absolute atomic E-state index is 0.488. The number of carbonyl (C=O) groups is 2. The Balaban J connectivity index is 2.13. The van der Waals surface area contributed by atoms with Crippen LogP contribution in [-0.2, 0) is 9.59 Å². The van der Waals surface area contributed by atoms with Gasteiger partial charge in [-0.05, 0) is 23.3 Å². The van der Waals surface area contributed by atoms with E-state index in [1.165, 1.54) is 0 Å². The smallest absolute Gasteiger partial charge is 0.220 e. The molecule has 0 aliphatic rings. The van der Waals surface area contributed by atoms with Gasteiger partial charge >= 0.3 is 0 Å². The van der Waals surface area contributed by atoms with Gasteiger partial charge in [0.1, 0.15) is 0 Å². The molecule has 0 aliphatic heterocycles. The Morgan fingerprint density at radius 3 is 1.74 bits per heavy atom. The van der Waals surface area contributed by atoms with Gasteiger partial charge in [-0.1, -0.05) is 54.6 Å². The van der Waals surface area contributed by atoms with E-state index in [0.717, 1.165) is 16.0 Å². The second kappa shape index (κ2) is 6.31. The van der Waals surface area contributed by atoms with Crippen LogP contribution in [0, 0.1) is 0 Å². The van der Waals surface area contributed by atoms with Gasteiger partial charge in [0, 0.05) is 0 Å². The molecule has 0 atom stereocenters. The molecule has 2 aromatic carbocycles. The van der Waals surface area contributed by atoms with E-state index in [4.69, 9.17) is 0 Å². The third-order valence-electron chi connectivity index (χ3n) is 2.69. The topological polar surface area (TPSA) is 37.4 Å². The maximum absolute atomic E-state index is 10.6. The molecule has 0 aromatic heterocycles. The number of hydrogen-bond acceptors (Lipinski definition) is 2. The molecule has 2 rings (SSSR count). The summed E-state index contributed by atoms with van der Waals surface area (Å²) < 4.78 is 0. The van der Waals surface area contributed by atoms with Crippen LogP contribution in [0.3, 0.4) is 0 Å². The molecule has 0 saturated carbocycles. The lowest BCUT2D eigenvalue weighted by Gasteiger charge is -2.08. The number of amides is 2. The Hall–Kier alpha value is -2.68. The van der Waals surface area contributed by atoms with Crippen molar-refractivity contribution in [3.8, 4) is 0 Å². The summed E-state index contributed by atoms with van der Waals surface area (Å²) in [5.74, 6) is 0. The van der Waals surface area contributed by atoms with Gasteiger partial charge in [-0.15, -0.1) is 0 Å². The number of hydrogen-bond donors (Lipinski definition) is 0.